The van der Waals surface area contributed by atoms with Crippen LogP contribution in [0.15, 0.2) is 42.5 Å². The van der Waals surface area contributed by atoms with E-state index in [1.165, 1.54) is 42.5 Å². The Labute approximate surface area is 126 Å². The molecule has 106 valence electrons. The number of rotatable bonds is 2. The van der Waals surface area contributed by atoms with Gasteiger partial charge in [0.15, 0.2) is 0 Å². The van der Waals surface area contributed by atoms with Crippen molar-refractivity contribution >= 4 is 23.2 Å². The maximum Gasteiger partial charge on any atom is 0.0240 e. The molecule has 0 radical (unpaired) electrons. The average molecular weight is 289 g/mol. The van der Waals surface area contributed by atoms with Crippen molar-refractivity contribution in [1.29, 1.82) is 0 Å². The van der Waals surface area contributed by atoms with E-state index < -0.39 is 0 Å². The van der Waals surface area contributed by atoms with Crippen LogP contribution in [0, 0.1) is 11.8 Å². The van der Waals surface area contributed by atoms with Crippen molar-refractivity contribution in [2.45, 2.75) is 6.54 Å². The van der Waals surface area contributed by atoms with Crippen molar-refractivity contribution in [2.24, 2.45) is 11.8 Å². The monoisotopic (exact) mass is 288 g/mol. The largest absolute Gasteiger partial charge is 0.316 e. The first-order chi connectivity index (χ1) is 9.40. The summed E-state index contributed by atoms with van der Waals surface area (Å²) in [6.45, 7) is 6.07. The van der Waals surface area contributed by atoms with E-state index in [9.17, 15) is 0 Å². The van der Waals surface area contributed by atoms with Crippen LogP contribution in [0.4, 0.5) is 0 Å². The van der Waals surface area contributed by atoms with Gasteiger partial charge in [0.05, 0.1) is 0 Å². The molecule has 1 N–H and O–H groups in total. The zero-order valence-corrected chi connectivity index (χ0v) is 12.4. The van der Waals surface area contributed by atoms with Gasteiger partial charge in [0.1, 0.15) is 0 Å². The van der Waals surface area contributed by atoms with Gasteiger partial charge in [-0.05, 0) is 41.3 Å². The number of nitrogens with one attached hydrogen (secondary N) is 1. The smallest absolute Gasteiger partial charge is 0.0240 e. The Morgan fingerprint density at radius 1 is 0.950 bits per heavy atom. The summed E-state index contributed by atoms with van der Waals surface area (Å²) in [5.41, 5.74) is 1.48. The van der Waals surface area contributed by atoms with Crippen LogP contribution in [0.1, 0.15) is 5.56 Å². The molecule has 2 saturated heterocycles. The fraction of sp³-hybridized carbons (Fsp3) is 0.412. The molecule has 2 aromatic carbocycles. The highest BCUT2D eigenvalue weighted by atomic mass is 35.5. The molecule has 0 amide bonds. The van der Waals surface area contributed by atoms with Crippen LogP contribution in [-0.2, 0) is 6.54 Å². The summed E-state index contributed by atoms with van der Waals surface area (Å²) in [6, 6.07) is 15.4. The number of likely N-dealkylation sites (tertiary alicyclic amines) is 1. The van der Waals surface area contributed by atoms with Gasteiger partial charge in [-0.2, -0.15) is 0 Å². The zero-order chi connectivity index (χ0) is 12.7. The number of hydrogen-bond donors (Lipinski definition) is 1. The molecule has 20 heavy (non-hydrogen) atoms. The molecule has 3 heteroatoms. The molecular formula is C17H21ClN2. The second kappa shape index (κ2) is 5.72. The summed E-state index contributed by atoms with van der Waals surface area (Å²) in [6.07, 6.45) is 0. The molecule has 2 atom stereocenters. The van der Waals surface area contributed by atoms with E-state index in [1.54, 1.807) is 0 Å². The fourth-order valence-electron chi connectivity index (χ4n) is 3.75. The van der Waals surface area contributed by atoms with Crippen LogP contribution in [0.2, 0.25) is 0 Å². The lowest BCUT2D eigenvalue weighted by Gasteiger charge is -2.18. The summed E-state index contributed by atoms with van der Waals surface area (Å²) in [4.78, 5) is 2.64. The van der Waals surface area contributed by atoms with Gasteiger partial charge in [0.2, 0.25) is 0 Å². The third-order valence-electron chi connectivity index (χ3n) is 4.74. The summed E-state index contributed by atoms with van der Waals surface area (Å²) >= 11 is 0. The van der Waals surface area contributed by atoms with Crippen LogP contribution < -0.4 is 5.32 Å². The Balaban J connectivity index is 0.00000121. The molecule has 0 saturated carbocycles. The van der Waals surface area contributed by atoms with Gasteiger partial charge in [0.25, 0.3) is 0 Å². The van der Waals surface area contributed by atoms with Crippen molar-refractivity contribution in [1.82, 2.24) is 10.2 Å². The normalized spacial score (nSPS) is 25.6. The first-order valence-electron chi connectivity index (χ1n) is 7.30. The van der Waals surface area contributed by atoms with Gasteiger partial charge < -0.3 is 5.32 Å². The topological polar surface area (TPSA) is 15.3 Å². The van der Waals surface area contributed by atoms with E-state index >= 15 is 0 Å². The minimum atomic E-state index is 0. The van der Waals surface area contributed by atoms with E-state index in [0.717, 1.165) is 18.4 Å². The van der Waals surface area contributed by atoms with Crippen LogP contribution in [0.25, 0.3) is 10.8 Å². The van der Waals surface area contributed by atoms with Crippen molar-refractivity contribution in [3.8, 4) is 0 Å². The Hall–Kier alpha value is -1.09. The number of fused-ring (bicyclic) bond motifs is 2. The Kier molecular flexibility index (Phi) is 3.97. The van der Waals surface area contributed by atoms with Gasteiger partial charge in [-0.1, -0.05) is 42.5 Å². The van der Waals surface area contributed by atoms with Gasteiger partial charge in [-0.3, -0.25) is 4.90 Å². The van der Waals surface area contributed by atoms with E-state index in [4.69, 9.17) is 0 Å². The highest BCUT2D eigenvalue weighted by molar-refractivity contribution is 5.85. The standard InChI is InChI=1S/C17H20N2.ClH/c1-2-7-17-13(4-1)5-3-6-14(17)10-19-11-15-8-18-9-16(15)12-19;/h1-7,15-16,18H,8-12H2;1H/t15-,16+;. The van der Waals surface area contributed by atoms with Gasteiger partial charge in [0, 0.05) is 19.6 Å². The van der Waals surface area contributed by atoms with E-state index in [2.05, 4.69) is 52.7 Å². The maximum atomic E-state index is 3.51. The zero-order valence-electron chi connectivity index (χ0n) is 11.6. The molecular weight excluding hydrogens is 268 g/mol. The third kappa shape index (κ3) is 2.44. The molecule has 0 aromatic heterocycles. The molecule has 2 aromatic rings. The lowest BCUT2D eigenvalue weighted by Crippen LogP contribution is -2.25. The predicted octanol–water partition coefficient (Wildman–Crippen LogP) is 2.91. The highest BCUT2D eigenvalue weighted by Crippen LogP contribution is 2.28. The number of nitrogens with zero attached hydrogens (tertiary/aromatic N) is 1. The van der Waals surface area contributed by atoms with Crippen molar-refractivity contribution in [3.05, 3.63) is 48.0 Å². The van der Waals surface area contributed by atoms with Gasteiger partial charge in [-0.25, -0.2) is 0 Å². The molecule has 2 aliphatic rings. The lowest BCUT2D eigenvalue weighted by molar-refractivity contribution is 0.307. The molecule has 2 aliphatic heterocycles. The first-order valence-corrected chi connectivity index (χ1v) is 7.30. The number of benzene rings is 2. The molecule has 2 nitrogen and oxygen atoms in total. The third-order valence-corrected chi connectivity index (χ3v) is 4.74. The van der Waals surface area contributed by atoms with Gasteiger partial charge >= 0.3 is 0 Å². The molecule has 0 bridgehead atoms. The summed E-state index contributed by atoms with van der Waals surface area (Å²) in [7, 11) is 0. The van der Waals surface area contributed by atoms with E-state index in [0.29, 0.717) is 0 Å². The minimum Gasteiger partial charge on any atom is -0.316 e. The Bertz CT molecular complexity index is 581. The number of hydrogen-bond acceptors (Lipinski definition) is 2. The lowest BCUT2D eigenvalue weighted by atomic mass is 10.0. The van der Waals surface area contributed by atoms with Crippen LogP contribution >= 0.6 is 12.4 Å². The second-order valence-corrected chi connectivity index (χ2v) is 6.01. The predicted molar refractivity (Wildman–Crippen MR) is 86.3 cm³/mol. The van der Waals surface area contributed by atoms with Crippen LogP contribution in [-0.4, -0.2) is 31.1 Å². The SMILES string of the molecule is Cl.c1ccc2c(CN3C[C@H]4CNC[C@H]4C3)cccc2c1. The van der Waals surface area contributed by atoms with Crippen molar-refractivity contribution in [2.75, 3.05) is 26.2 Å². The van der Waals surface area contributed by atoms with E-state index in [-0.39, 0.29) is 12.4 Å². The highest BCUT2D eigenvalue weighted by Gasteiger charge is 2.35. The molecule has 2 heterocycles. The summed E-state index contributed by atoms with van der Waals surface area (Å²) in [5, 5.41) is 6.29. The van der Waals surface area contributed by atoms with Gasteiger partial charge in [-0.15, -0.1) is 12.4 Å². The molecule has 0 spiro atoms. The van der Waals surface area contributed by atoms with Crippen LogP contribution in [0.5, 0.6) is 0 Å². The quantitative estimate of drug-likeness (QED) is 0.914. The maximum absolute atomic E-state index is 3.51. The molecule has 0 unspecified atom stereocenters. The van der Waals surface area contributed by atoms with E-state index in [1.807, 2.05) is 0 Å². The fourth-order valence-corrected chi connectivity index (χ4v) is 3.75. The van der Waals surface area contributed by atoms with Crippen molar-refractivity contribution in [3.63, 3.8) is 0 Å². The summed E-state index contributed by atoms with van der Waals surface area (Å²) < 4.78 is 0. The second-order valence-electron chi connectivity index (χ2n) is 6.01. The van der Waals surface area contributed by atoms with Crippen LogP contribution in [0.3, 0.4) is 0 Å². The van der Waals surface area contributed by atoms with Crippen molar-refractivity contribution < 1.29 is 0 Å². The Morgan fingerprint density at radius 2 is 1.65 bits per heavy atom. The Morgan fingerprint density at radius 3 is 2.45 bits per heavy atom. The summed E-state index contributed by atoms with van der Waals surface area (Å²) in [5.74, 6) is 1.77. The molecule has 0 aliphatic carbocycles. The molecule has 4 rings (SSSR count). The first kappa shape index (κ1) is 13.9. The number of halogens is 1. The molecule has 2 fully saturated rings. The average Bonchev–Trinajstić information content (AvgIpc) is 3.00. The minimum absolute atomic E-state index is 0.